The van der Waals surface area contributed by atoms with E-state index in [9.17, 15) is 13.5 Å². The highest BCUT2D eigenvalue weighted by molar-refractivity contribution is 7.90. The lowest BCUT2D eigenvalue weighted by atomic mass is 10.0. The van der Waals surface area contributed by atoms with Crippen LogP contribution < -0.4 is 0 Å². The molecule has 0 saturated carbocycles. The maximum Gasteiger partial charge on any atom is 0.175 e. The summed E-state index contributed by atoms with van der Waals surface area (Å²) in [5.74, 6) is 0. The fraction of sp³-hybridized carbons (Fsp3) is 0.111. The molecule has 2 heterocycles. The third-order valence-corrected chi connectivity index (χ3v) is 4.93. The van der Waals surface area contributed by atoms with E-state index in [1.165, 1.54) is 30.6 Å². The van der Waals surface area contributed by atoms with Crippen molar-refractivity contribution in [3.05, 3.63) is 65.6 Å². The van der Waals surface area contributed by atoms with Gasteiger partial charge in [0, 0.05) is 29.8 Å². The molecule has 1 N–H and O–H groups in total. The highest BCUT2D eigenvalue weighted by atomic mass is 35.5. The van der Waals surface area contributed by atoms with Crippen LogP contribution in [0.5, 0.6) is 0 Å². The molecule has 0 aliphatic carbocycles. The van der Waals surface area contributed by atoms with Gasteiger partial charge in [0.25, 0.3) is 0 Å². The van der Waals surface area contributed by atoms with Gasteiger partial charge < -0.3 is 5.11 Å². The molecule has 0 saturated heterocycles. The molecule has 3 rings (SSSR count). The molecule has 1 aromatic carbocycles. The molecular formula is C18H15ClN2O3S. The van der Waals surface area contributed by atoms with Crippen molar-refractivity contribution in [2.75, 3.05) is 6.26 Å². The Kier molecular flexibility index (Phi) is 4.15. The van der Waals surface area contributed by atoms with Crippen molar-refractivity contribution < 1.29 is 16.3 Å². The number of pyridine rings is 2. The molecular weight excluding hydrogens is 360 g/mol. The Hall–Kier alpha value is -2.28. The minimum Gasteiger partial charge on any atom is -0.390 e. The number of nitrogens with zero attached hydrogens (tertiary/aromatic N) is 2. The zero-order valence-corrected chi connectivity index (χ0v) is 14.7. The molecule has 5 nitrogen and oxygen atoms in total. The van der Waals surface area contributed by atoms with Crippen molar-refractivity contribution in [3.63, 3.8) is 0 Å². The monoisotopic (exact) mass is 376 g/mol. The minimum absolute atomic E-state index is 0.112. The van der Waals surface area contributed by atoms with Gasteiger partial charge in [0.1, 0.15) is 0 Å². The van der Waals surface area contributed by atoms with Crippen molar-refractivity contribution >= 4 is 21.4 Å². The van der Waals surface area contributed by atoms with Crippen LogP contribution in [0, 0.1) is 0 Å². The van der Waals surface area contributed by atoms with Crippen molar-refractivity contribution in [1.29, 1.82) is 0 Å². The number of aliphatic hydroxyl groups is 1. The number of hydrogen-bond acceptors (Lipinski definition) is 5. The number of sulfone groups is 1. The fourth-order valence-electron chi connectivity index (χ4n) is 2.37. The Labute approximate surface area is 153 Å². The van der Waals surface area contributed by atoms with Gasteiger partial charge in [0.05, 0.1) is 30.6 Å². The Bertz CT molecular complexity index is 1080. The van der Waals surface area contributed by atoms with Gasteiger partial charge in [-0.2, -0.15) is 0 Å². The largest absolute Gasteiger partial charge is 0.390 e. The molecule has 0 radical (unpaired) electrons. The van der Waals surface area contributed by atoms with E-state index >= 15 is 0 Å². The van der Waals surface area contributed by atoms with Gasteiger partial charge in [0.2, 0.25) is 0 Å². The molecule has 0 bridgehead atoms. The van der Waals surface area contributed by atoms with Gasteiger partial charge >= 0.3 is 0 Å². The molecule has 0 fully saturated rings. The average molecular weight is 377 g/mol. The second-order valence-electron chi connectivity index (χ2n) is 5.39. The zero-order chi connectivity index (χ0) is 19.8. The third kappa shape index (κ3) is 3.87. The molecule has 2 aromatic heterocycles. The Balaban J connectivity index is 2.09. The molecule has 0 aliphatic heterocycles. The zero-order valence-electron chi connectivity index (χ0n) is 15.1. The summed E-state index contributed by atoms with van der Waals surface area (Å²) in [5, 5.41) is 9.81. The van der Waals surface area contributed by atoms with Crippen molar-refractivity contribution in [3.8, 4) is 22.4 Å². The first kappa shape index (κ1) is 15.0. The number of aromatic nitrogens is 2. The first-order chi connectivity index (χ1) is 12.6. The standard InChI is InChI=1S/C18H15ClN2O3S/c1-25(23,24)16-6-3-12(4-7-16)17-8-14(19)10-21-18(17)13-2-5-15(11-22)20-9-13/h2-10,22H,11H2,1H3/i11D2. The van der Waals surface area contributed by atoms with E-state index in [1.54, 1.807) is 24.3 Å². The van der Waals surface area contributed by atoms with Gasteiger partial charge in [-0.3, -0.25) is 9.97 Å². The maximum absolute atomic E-state index is 11.6. The predicted octanol–water partition coefficient (Wildman–Crippen LogP) is 3.36. The molecule has 0 unspecified atom stereocenters. The summed E-state index contributed by atoms with van der Waals surface area (Å²) in [6.07, 6.45) is 4.03. The Morgan fingerprint density at radius 1 is 1.08 bits per heavy atom. The first-order valence-electron chi connectivity index (χ1n) is 8.21. The smallest absolute Gasteiger partial charge is 0.175 e. The molecule has 0 atom stereocenters. The van der Waals surface area contributed by atoms with Crippen LogP contribution in [0.2, 0.25) is 5.02 Å². The van der Waals surface area contributed by atoms with E-state index in [-0.39, 0.29) is 10.6 Å². The average Bonchev–Trinajstić information content (AvgIpc) is 2.60. The summed E-state index contributed by atoms with van der Waals surface area (Å²) in [7, 11) is -3.30. The van der Waals surface area contributed by atoms with E-state index in [1.807, 2.05) is 0 Å². The highest BCUT2D eigenvalue weighted by Crippen LogP contribution is 2.32. The van der Waals surface area contributed by atoms with Crippen LogP contribution in [0.15, 0.2) is 59.8 Å². The van der Waals surface area contributed by atoms with Gasteiger partial charge in [-0.25, -0.2) is 8.42 Å². The molecule has 0 amide bonds. The lowest BCUT2D eigenvalue weighted by molar-refractivity contribution is 0.277. The maximum atomic E-state index is 11.6. The van der Waals surface area contributed by atoms with E-state index < -0.39 is 16.4 Å². The molecule has 0 spiro atoms. The van der Waals surface area contributed by atoms with Crippen molar-refractivity contribution in [2.45, 2.75) is 11.5 Å². The van der Waals surface area contributed by atoms with Crippen LogP contribution in [0.25, 0.3) is 22.4 Å². The normalized spacial score (nSPS) is 13.2. The van der Waals surface area contributed by atoms with Crippen LogP contribution in [-0.4, -0.2) is 29.7 Å². The van der Waals surface area contributed by atoms with Crippen LogP contribution in [0.4, 0.5) is 0 Å². The topological polar surface area (TPSA) is 80.2 Å². The van der Waals surface area contributed by atoms with E-state index in [2.05, 4.69) is 9.97 Å². The molecule has 0 aliphatic rings. The summed E-state index contributed by atoms with van der Waals surface area (Å²) in [5.41, 5.74) is 2.42. The molecule has 25 heavy (non-hydrogen) atoms. The van der Waals surface area contributed by atoms with Gasteiger partial charge in [-0.05, 0) is 35.9 Å². The lowest BCUT2D eigenvalue weighted by Crippen LogP contribution is -1.97. The number of halogens is 1. The number of benzene rings is 1. The highest BCUT2D eigenvalue weighted by Gasteiger charge is 2.12. The first-order valence-corrected chi connectivity index (χ1v) is 9.48. The summed E-state index contributed by atoms with van der Waals surface area (Å²) in [6, 6.07) is 11.0. The summed E-state index contributed by atoms with van der Waals surface area (Å²) in [4.78, 5) is 8.50. The van der Waals surface area contributed by atoms with Gasteiger partial charge in [0.15, 0.2) is 9.84 Å². The second kappa shape index (κ2) is 6.92. The summed E-state index contributed by atoms with van der Waals surface area (Å²) < 4.78 is 37.9. The van der Waals surface area contributed by atoms with E-state index in [4.69, 9.17) is 14.3 Å². The van der Waals surface area contributed by atoms with Gasteiger partial charge in [-0.1, -0.05) is 23.7 Å². The fourth-order valence-corrected chi connectivity index (χ4v) is 3.16. The minimum atomic E-state index is -3.30. The van der Waals surface area contributed by atoms with Crippen LogP contribution in [0.3, 0.4) is 0 Å². The van der Waals surface area contributed by atoms with Crippen molar-refractivity contribution in [1.82, 2.24) is 9.97 Å². The SMILES string of the molecule is [2H]C([2H])(O)c1ccc(-c2ncc(Cl)cc2-c2ccc(S(C)(=O)=O)cc2)cn1. The van der Waals surface area contributed by atoms with Crippen LogP contribution >= 0.6 is 11.6 Å². The Morgan fingerprint density at radius 3 is 2.32 bits per heavy atom. The molecule has 128 valence electrons. The van der Waals surface area contributed by atoms with Gasteiger partial charge in [-0.15, -0.1) is 0 Å². The van der Waals surface area contributed by atoms with Crippen LogP contribution in [-0.2, 0) is 16.4 Å². The molecule has 3 aromatic rings. The third-order valence-electron chi connectivity index (χ3n) is 3.60. The summed E-state index contributed by atoms with van der Waals surface area (Å²) >= 11 is 6.09. The van der Waals surface area contributed by atoms with E-state index in [0.717, 1.165) is 6.26 Å². The predicted molar refractivity (Wildman–Crippen MR) is 96.9 cm³/mol. The van der Waals surface area contributed by atoms with Crippen LogP contribution in [0.1, 0.15) is 8.44 Å². The quantitative estimate of drug-likeness (QED) is 0.755. The number of hydrogen-bond donors (Lipinski definition) is 1. The summed E-state index contributed by atoms with van der Waals surface area (Å²) in [6.45, 7) is -2.53. The second-order valence-corrected chi connectivity index (χ2v) is 7.84. The Morgan fingerprint density at radius 2 is 1.76 bits per heavy atom. The van der Waals surface area contributed by atoms with Crippen molar-refractivity contribution in [2.24, 2.45) is 0 Å². The van der Waals surface area contributed by atoms with E-state index in [0.29, 0.717) is 27.4 Å². The lowest BCUT2D eigenvalue weighted by Gasteiger charge is -2.10. The molecule has 7 heteroatoms. The number of rotatable bonds is 4.